The molecule has 3 N–H and O–H groups in total. The third-order valence-electron chi connectivity index (χ3n) is 2.23. The number of methoxy groups -OCH3 is 1. The normalized spacial score (nSPS) is 13.9. The minimum Gasteiger partial charge on any atom is -0.383 e. The van der Waals surface area contributed by atoms with Gasteiger partial charge in [0, 0.05) is 39.9 Å². The number of amidine groups is 1. The summed E-state index contributed by atoms with van der Waals surface area (Å²) in [5, 5.41) is 14.2. The lowest BCUT2D eigenvalue weighted by atomic mass is 10.2. The second-order valence-corrected chi connectivity index (χ2v) is 3.99. The fourth-order valence-electron chi connectivity index (χ4n) is 1.36. The van der Waals surface area contributed by atoms with Crippen LogP contribution in [0.25, 0.3) is 0 Å². The average molecular weight is 228 g/mol. The molecule has 0 saturated heterocycles. The summed E-state index contributed by atoms with van der Waals surface area (Å²) in [7, 11) is 7.24. The molecule has 0 aliphatic rings. The molecular formula is C11H24N4O. The highest BCUT2D eigenvalue weighted by atomic mass is 16.5. The monoisotopic (exact) mass is 228 g/mol. The molecule has 0 fully saturated rings. The summed E-state index contributed by atoms with van der Waals surface area (Å²) in [6.45, 7) is 4.59. The number of rotatable bonds is 6. The maximum atomic E-state index is 7.89. The Labute approximate surface area is 98.4 Å². The Morgan fingerprint density at radius 2 is 2.00 bits per heavy atom. The van der Waals surface area contributed by atoms with Crippen molar-refractivity contribution in [2.75, 3.05) is 34.9 Å². The molecule has 0 saturated carbocycles. The maximum absolute atomic E-state index is 7.89. The second-order valence-electron chi connectivity index (χ2n) is 3.99. The van der Waals surface area contributed by atoms with Crippen LogP contribution in [0, 0.1) is 5.41 Å². The van der Waals surface area contributed by atoms with E-state index in [1.165, 1.54) is 0 Å². The quantitative estimate of drug-likeness (QED) is 0.460. The lowest BCUT2D eigenvalue weighted by Gasteiger charge is -2.22. The van der Waals surface area contributed by atoms with Crippen LogP contribution >= 0.6 is 0 Å². The zero-order valence-electron chi connectivity index (χ0n) is 11.1. The number of nitrogens with one attached hydrogen (secondary N) is 3. The summed E-state index contributed by atoms with van der Waals surface area (Å²) in [5.41, 5.74) is 0.885. The van der Waals surface area contributed by atoms with Gasteiger partial charge >= 0.3 is 0 Å². The molecule has 0 aliphatic carbocycles. The summed E-state index contributed by atoms with van der Waals surface area (Å²) in [5.74, 6) is 1.35. The molecule has 0 aliphatic heterocycles. The van der Waals surface area contributed by atoms with Crippen LogP contribution in [0.4, 0.5) is 0 Å². The van der Waals surface area contributed by atoms with Gasteiger partial charge in [0.2, 0.25) is 0 Å². The minimum atomic E-state index is 0.206. The highest BCUT2D eigenvalue weighted by molar-refractivity contribution is 5.95. The van der Waals surface area contributed by atoms with Crippen molar-refractivity contribution in [3.8, 4) is 0 Å². The van der Waals surface area contributed by atoms with Crippen LogP contribution in [-0.2, 0) is 4.74 Å². The average Bonchev–Trinajstić information content (AvgIpc) is 2.24. The van der Waals surface area contributed by atoms with E-state index in [1.54, 1.807) is 12.0 Å². The molecule has 5 nitrogen and oxygen atoms in total. The molecule has 0 unspecified atom stereocenters. The summed E-state index contributed by atoms with van der Waals surface area (Å²) >= 11 is 0. The molecule has 0 radical (unpaired) electrons. The van der Waals surface area contributed by atoms with Gasteiger partial charge in [-0.2, -0.15) is 0 Å². The Balaban J connectivity index is 4.68. The van der Waals surface area contributed by atoms with Gasteiger partial charge in [-0.05, 0) is 13.8 Å². The zero-order chi connectivity index (χ0) is 12.7. The Morgan fingerprint density at radius 3 is 2.38 bits per heavy atom. The Bertz CT molecular complexity index is 261. The van der Waals surface area contributed by atoms with E-state index in [0.717, 1.165) is 11.4 Å². The molecule has 0 aromatic rings. The number of hydrogen-bond donors (Lipinski definition) is 3. The Kier molecular flexibility index (Phi) is 6.56. The SMILES string of the molecule is CNC(N[C@H](C)COC)=C(C)C(=N)N(C)C. The van der Waals surface area contributed by atoms with Crippen LogP contribution in [-0.4, -0.2) is 51.6 Å². The third kappa shape index (κ3) is 4.53. The lowest BCUT2D eigenvalue weighted by Crippen LogP contribution is -2.37. The molecule has 0 spiro atoms. The zero-order valence-corrected chi connectivity index (χ0v) is 11.1. The highest BCUT2D eigenvalue weighted by Gasteiger charge is 2.10. The van der Waals surface area contributed by atoms with Crippen molar-refractivity contribution in [3.63, 3.8) is 0 Å². The Hall–Kier alpha value is -1.23. The van der Waals surface area contributed by atoms with Gasteiger partial charge in [-0.1, -0.05) is 0 Å². The molecular weight excluding hydrogens is 204 g/mol. The predicted molar refractivity (Wildman–Crippen MR) is 67.6 cm³/mol. The predicted octanol–water partition coefficient (Wildman–Crippen LogP) is 0.601. The lowest BCUT2D eigenvalue weighted by molar-refractivity contribution is 0.175. The molecule has 0 heterocycles. The van der Waals surface area contributed by atoms with Crippen LogP contribution in [0.5, 0.6) is 0 Å². The van der Waals surface area contributed by atoms with E-state index in [1.807, 2.05) is 35.0 Å². The smallest absolute Gasteiger partial charge is 0.126 e. The molecule has 94 valence electrons. The van der Waals surface area contributed by atoms with Crippen molar-refractivity contribution in [2.45, 2.75) is 19.9 Å². The van der Waals surface area contributed by atoms with Crippen LogP contribution in [0.2, 0.25) is 0 Å². The topological polar surface area (TPSA) is 60.4 Å². The van der Waals surface area contributed by atoms with Crippen LogP contribution in [0.3, 0.4) is 0 Å². The first-order valence-corrected chi connectivity index (χ1v) is 5.34. The summed E-state index contributed by atoms with van der Waals surface area (Å²) in [4.78, 5) is 1.77. The number of ether oxygens (including phenoxy) is 1. The molecule has 1 atom stereocenters. The standard InChI is InChI=1S/C11H24N4O/c1-8(7-16-6)14-11(13-3)9(2)10(12)15(4)5/h8,12-14H,7H2,1-6H3/t8-/m1/s1. The van der Waals surface area contributed by atoms with Crippen molar-refractivity contribution in [1.82, 2.24) is 15.5 Å². The first-order chi connectivity index (χ1) is 7.43. The fourth-order valence-corrected chi connectivity index (χ4v) is 1.36. The van der Waals surface area contributed by atoms with Gasteiger partial charge in [0.1, 0.15) is 11.7 Å². The molecule has 5 heteroatoms. The largest absolute Gasteiger partial charge is 0.383 e. The van der Waals surface area contributed by atoms with Crippen molar-refractivity contribution < 1.29 is 4.74 Å². The third-order valence-corrected chi connectivity index (χ3v) is 2.23. The van der Waals surface area contributed by atoms with E-state index in [2.05, 4.69) is 10.6 Å². The van der Waals surface area contributed by atoms with E-state index in [9.17, 15) is 0 Å². The minimum absolute atomic E-state index is 0.206. The Morgan fingerprint density at radius 1 is 1.44 bits per heavy atom. The van der Waals surface area contributed by atoms with Crippen LogP contribution in [0.15, 0.2) is 11.4 Å². The summed E-state index contributed by atoms with van der Waals surface area (Å²) in [6, 6.07) is 0.206. The van der Waals surface area contributed by atoms with Gasteiger partial charge in [0.15, 0.2) is 0 Å². The van der Waals surface area contributed by atoms with Gasteiger partial charge in [-0.25, -0.2) is 0 Å². The molecule has 0 bridgehead atoms. The van der Waals surface area contributed by atoms with Gasteiger partial charge in [0.05, 0.1) is 6.61 Å². The molecule has 0 aromatic carbocycles. The van der Waals surface area contributed by atoms with Crippen LogP contribution in [0.1, 0.15) is 13.8 Å². The fraction of sp³-hybridized carbons (Fsp3) is 0.727. The number of nitrogens with zero attached hydrogens (tertiary/aromatic N) is 1. The van der Waals surface area contributed by atoms with Crippen molar-refractivity contribution >= 4 is 5.84 Å². The van der Waals surface area contributed by atoms with E-state index in [0.29, 0.717) is 12.4 Å². The van der Waals surface area contributed by atoms with Crippen molar-refractivity contribution in [3.05, 3.63) is 11.4 Å². The van der Waals surface area contributed by atoms with Crippen LogP contribution < -0.4 is 10.6 Å². The van der Waals surface area contributed by atoms with Crippen molar-refractivity contribution in [1.29, 1.82) is 5.41 Å². The number of likely N-dealkylation sites (N-methyl/N-ethyl adjacent to an activating group) is 1. The molecule has 0 rings (SSSR count). The van der Waals surface area contributed by atoms with Gasteiger partial charge < -0.3 is 20.3 Å². The van der Waals surface area contributed by atoms with Gasteiger partial charge in [0.25, 0.3) is 0 Å². The second kappa shape index (κ2) is 7.11. The summed E-state index contributed by atoms with van der Waals surface area (Å²) < 4.78 is 5.06. The van der Waals surface area contributed by atoms with E-state index >= 15 is 0 Å². The summed E-state index contributed by atoms with van der Waals surface area (Å²) in [6.07, 6.45) is 0. The molecule has 16 heavy (non-hydrogen) atoms. The van der Waals surface area contributed by atoms with E-state index in [-0.39, 0.29) is 6.04 Å². The molecule has 0 amide bonds. The van der Waals surface area contributed by atoms with Gasteiger partial charge in [-0.15, -0.1) is 0 Å². The van der Waals surface area contributed by atoms with Gasteiger partial charge in [-0.3, -0.25) is 5.41 Å². The molecule has 0 aromatic heterocycles. The van der Waals surface area contributed by atoms with E-state index in [4.69, 9.17) is 10.1 Å². The van der Waals surface area contributed by atoms with Crippen molar-refractivity contribution in [2.24, 2.45) is 0 Å². The first kappa shape index (κ1) is 14.8. The maximum Gasteiger partial charge on any atom is 0.126 e. The number of hydrogen-bond acceptors (Lipinski definition) is 4. The first-order valence-electron chi connectivity index (χ1n) is 5.34. The van der Waals surface area contributed by atoms with E-state index < -0.39 is 0 Å². The highest BCUT2D eigenvalue weighted by Crippen LogP contribution is 2.02.